The molecule has 0 unspecified atom stereocenters. The first kappa shape index (κ1) is 18.8. The van der Waals surface area contributed by atoms with Gasteiger partial charge in [0.15, 0.2) is 11.0 Å². The number of thioether (sulfide) groups is 1. The number of rotatable bonds is 7. The van der Waals surface area contributed by atoms with Crippen LogP contribution in [-0.2, 0) is 11.3 Å². The third kappa shape index (κ3) is 5.01. The van der Waals surface area contributed by atoms with Crippen LogP contribution in [0.5, 0.6) is 0 Å². The van der Waals surface area contributed by atoms with Crippen molar-refractivity contribution < 1.29 is 4.79 Å². The van der Waals surface area contributed by atoms with Gasteiger partial charge in [0.1, 0.15) is 0 Å². The normalized spacial score (nSPS) is 11.0. The van der Waals surface area contributed by atoms with Crippen molar-refractivity contribution in [2.24, 2.45) is 5.10 Å². The van der Waals surface area contributed by atoms with E-state index in [4.69, 9.17) is 0 Å². The highest BCUT2D eigenvalue weighted by Gasteiger charge is 2.14. The fraction of sp³-hybridized carbons (Fsp3) is 0.211. The molecule has 0 saturated carbocycles. The number of aromatic nitrogens is 4. The van der Waals surface area contributed by atoms with Crippen LogP contribution in [0.3, 0.4) is 0 Å². The van der Waals surface area contributed by atoms with Crippen molar-refractivity contribution in [3.8, 4) is 11.4 Å². The molecule has 0 aliphatic carbocycles. The number of aryl methyl sites for hydroxylation is 1. The number of nitrogens with one attached hydrogen (secondary N) is 1. The molecule has 0 radical (unpaired) electrons. The lowest BCUT2D eigenvalue weighted by Crippen LogP contribution is -2.20. The van der Waals surface area contributed by atoms with Crippen molar-refractivity contribution in [1.29, 1.82) is 0 Å². The summed E-state index contributed by atoms with van der Waals surface area (Å²) in [6.07, 6.45) is 3.18. The molecule has 2 aromatic heterocycles. The van der Waals surface area contributed by atoms with Crippen molar-refractivity contribution in [2.75, 3.05) is 5.75 Å². The Bertz CT molecular complexity index is 921. The Morgan fingerprint density at radius 1 is 1.22 bits per heavy atom. The average molecular weight is 380 g/mol. The lowest BCUT2D eigenvalue weighted by atomic mass is 10.1. The molecule has 27 heavy (non-hydrogen) atoms. The van der Waals surface area contributed by atoms with Crippen LogP contribution in [0, 0.1) is 6.92 Å². The molecule has 1 aromatic carbocycles. The monoisotopic (exact) mass is 380 g/mol. The summed E-state index contributed by atoms with van der Waals surface area (Å²) in [6.45, 7) is 4.80. The lowest BCUT2D eigenvalue weighted by Gasteiger charge is -2.07. The summed E-state index contributed by atoms with van der Waals surface area (Å²) in [5.41, 5.74) is 5.37. The largest absolute Gasteiger partial charge is 0.302 e. The Morgan fingerprint density at radius 2 is 2.04 bits per heavy atom. The Labute approximate surface area is 161 Å². The zero-order chi connectivity index (χ0) is 19.1. The SMILES string of the molecule is CCn1c(SCC(=O)NN=Cc2ccccn2)nnc1-c1ccc(C)cc1. The molecule has 0 aliphatic rings. The second kappa shape index (κ2) is 9.09. The highest BCUT2D eigenvalue weighted by atomic mass is 32.2. The molecule has 0 fully saturated rings. The molecule has 0 spiro atoms. The van der Waals surface area contributed by atoms with E-state index in [2.05, 4.69) is 25.7 Å². The van der Waals surface area contributed by atoms with E-state index in [1.165, 1.54) is 23.5 Å². The number of carbonyl (C=O) groups excluding carboxylic acids is 1. The molecule has 7 nitrogen and oxygen atoms in total. The Morgan fingerprint density at radius 3 is 2.74 bits per heavy atom. The van der Waals surface area contributed by atoms with Crippen molar-refractivity contribution in [1.82, 2.24) is 25.2 Å². The molecule has 3 rings (SSSR count). The molecule has 3 aromatic rings. The highest BCUT2D eigenvalue weighted by molar-refractivity contribution is 7.99. The molecule has 0 saturated heterocycles. The van der Waals surface area contributed by atoms with Crippen LogP contribution in [0.15, 0.2) is 58.9 Å². The van der Waals surface area contributed by atoms with E-state index in [0.29, 0.717) is 10.9 Å². The summed E-state index contributed by atoms with van der Waals surface area (Å²) < 4.78 is 2.00. The first-order chi connectivity index (χ1) is 13.2. The van der Waals surface area contributed by atoms with Crippen molar-refractivity contribution in [3.05, 3.63) is 59.9 Å². The molecule has 0 aliphatic heterocycles. The molecule has 0 bridgehead atoms. The quantitative estimate of drug-likeness (QED) is 0.387. The molecule has 138 valence electrons. The van der Waals surface area contributed by atoms with Crippen molar-refractivity contribution >= 4 is 23.9 Å². The third-order valence-corrected chi connectivity index (χ3v) is 4.72. The van der Waals surface area contributed by atoms with Gasteiger partial charge in [-0.1, -0.05) is 47.7 Å². The third-order valence-electron chi connectivity index (χ3n) is 3.75. The highest BCUT2D eigenvalue weighted by Crippen LogP contribution is 2.24. The van der Waals surface area contributed by atoms with Crippen LogP contribution in [-0.4, -0.2) is 37.6 Å². The van der Waals surface area contributed by atoms with Gasteiger partial charge in [0.2, 0.25) is 0 Å². The van der Waals surface area contributed by atoms with Crippen LogP contribution in [0.2, 0.25) is 0 Å². The number of hydrazone groups is 1. The summed E-state index contributed by atoms with van der Waals surface area (Å²) in [6, 6.07) is 13.6. The first-order valence-electron chi connectivity index (χ1n) is 8.53. The van der Waals surface area contributed by atoms with E-state index < -0.39 is 0 Å². The minimum atomic E-state index is -0.213. The maximum absolute atomic E-state index is 12.0. The fourth-order valence-electron chi connectivity index (χ4n) is 2.38. The minimum absolute atomic E-state index is 0.200. The number of pyridine rings is 1. The molecule has 1 amide bonds. The van der Waals surface area contributed by atoms with Crippen LogP contribution >= 0.6 is 11.8 Å². The molecule has 8 heteroatoms. The van der Waals surface area contributed by atoms with Crippen molar-refractivity contribution in [2.45, 2.75) is 25.5 Å². The summed E-state index contributed by atoms with van der Waals surface area (Å²) in [5, 5.41) is 13.1. The number of amides is 1. The van der Waals surface area contributed by atoms with Gasteiger partial charge in [-0.3, -0.25) is 9.78 Å². The molecular formula is C19H20N6OS. The number of hydrogen-bond acceptors (Lipinski definition) is 6. The number of benzene rings is 1. The molecule has 1 N–H and O–H groups in total. The van der Waals surface area contributed by atoms with Gasteiger partial charge in [0.05, 0.1) is 17.7 Å². The number of nitrogens with zero attached hydrogens (tertiary/aromatic N) is 5. The van der Waals surface area contributed by atoms with Gasteiger partial charge >= 0.3 is 0 Å². The molecule has 2 heterocycles. The van der Waals surface area contributed by atoms with E-state index in [1.807, 2.05) is 54.8 Å². The predicted molar refractivity (Wildman–Crippen MR) is 107 cm³/mol. The Hall–Kier alpha value is -3.00. The summed E-state index contributed by atoms with van der Waals surface area (Å²) in [5.74, 6) is 0.786. The van der Waals surface area contributed by atoms with Crippen LogP contribution in [0.4, 0.5) is 0 Å². The van der Waals surface area contributed by atoms with E-state index in [-0.39, 0.29) is 11.7 Å². The average Bonchev–Trinajstić information content (AvgIpc) is 3.10. The Kier molecular flexibility index (Phi) is 6.32. The maximum Gasteiger partial charge on any atom is 0.250 e. The number of carbonyl (C=O) groups is 1. The van der Waals surface area contributed by atoms with Crippen LogP contribution in [0.1, 0.15) is 18.2 Å². The summed E-state index contributed by atoms with van der Waals surface area (Å²) in [7, 11) is 0. The first-order valence-corrected chi connectivity index (χ1v) is 9.52. The van der Waals surface area contributed by atoms with E-state index in [1.54, 1.807) is 12.3 Å². The van der Waals surface area contributed by atoms with Gasteiger partial charge in [0, 0.05) is 18.3 Å². The topological polar surface area (TPSA) is 85.1 Å². The zero-order valence-corrected chi connectivity index (χ0v) is 16.0. The van der Waals surface area contributed by atoms with Gasteiger partial charge in [-0.25, -0.2) is 5.43 Å². The number of hydrogen-bond donors (Lipinski definition) is 1. The van der Waals surface area contributed by atoms with Gasteiger partial charge in [-0.15, -0.1) is 10.2 Å². The lowest BCUT2D eigenvalue weighted by molar-refractivity contribution is -0.118. The fourth-order valence-corrected chi connectivity index (χ4v) is 3.18. The van der Waals surface area contributed by atoms with Crippen LogP contribution < -0.4 is 5.43 Å². The molecule has 0 atom stereocenters. The van der Waals surface area contributed by atoms with Gasteiger partial charge < -0.3 is 4.57 Å². The second-order valence-corrected chi connectivity index (χ2v) is 6.70. The smallest absolute Gasteiger partial charge is 0.250 e. The second-order valence-electron chi connectivity index (χ2n) is 5.75. The van der Waals surface area contributed by atoms with E-state index >= 15 is 0 Å². The Balaban J connectivity index is 1.60. The summed E-state index contributed by atoms with van der Waals surface area (Å²) in [4.78, 5) is 16.1. The van der Waals surface area contributed by atoms with E-state index in [0.717, 1.165) is 17.9 Å². The van der Waals surface area contributed by atoms with Gasteiger partial charge in [-0.2, -0.15) is 5.10 Å². The van der Waals surface area contributed by atoms with Crippen molar-refractivity contribution in [3.63, 3.8) is 0 Å². The van der Waals surface area contributed by atoms with Gasteiger partial charge in [0.25, 0.3) is 5.91 Å². The standard InChI is InChI=1S/C19H20N6OS/c1-3-25-18(15-9-7-14(2)8-10-15)23-24-19(25)27-13-17(26)22-21-12-16-6-4-5-11-20-16/h4-12H,3,13H2,1-2H3,(H,22,26). The van der Waals surface area contributed by atoms with Gasteiger partial charge in [-0.05, 0) is 26.0 Å². The van der Waals surface area contributed by atoms with E-state index in [9.17, 15) is 4.79 Å². The van der Waals surface area contributed by atoms with Crippen LogP contribution in [0.25, 0.3) is 11.4 Å². The molecular weight excluding hydrogens is 360 g/mol. The summed E-state index contributed by atoms with van der Waals surface area (Å²) >= 11 is 1.33. The zero-order valence-electron chi connectivity index (χ0n) is 15.2. The maximum atomic E-state index is 12.0. The minimum Gasteiger partial charge on any atom is -0.302 e. The predicted octanol–water partition coefficient (Wildman–Crippen LogP) is 2.91.